The molecule has 0 aromatic carbocycles. The van der Waals surface area contributed by atoms with E-state index in [-0.39, 0.29) is 0 Å². The lowest BCUT2D eigenvalue weighted by Gasteiger charge is -2.50. The van der Waals surface area contributed by atoms with Gasteiger partial charge in [0.1, 0.15) is 97.5 Å². The molecule has 20 atom stereocenters. The van der Waals surface area contributed by atoms with E-state index in [0.717, 1.165) is 13.8 Å². The monoisotopic (exact) mass is 748 g/mol. The highest BCUT2D eigenvalue weighted by Crippen LogP contribution is 2.34. The largest absolute Gasteiger partial charge is 0.394 e. The van der Waals surface area contributed by atoms with Crippen molar-refractivity contribution < 1.29 is 104 Å². The van der Waals surface area contributed by atoms with Crippen molar-refractivity contribution in [1.29, 1.82) is 0 Å². The zero-order valence-electron chi connectivity index (χ0n) is 27.4. The minimum atomic E-state index is -2.04. The van der Waals surface area contributed by atoms with Crippen molar-refractivity contribution >= 4 is 11.8 Å². The first kappa shape index (κ1) is 41.9. The third-order valence-electron chi connectivity index (χ3n) is 9.01. The second-order valence-electron chi connectivity index (χ2n) is 12.6. The van der Waals surface area contributed by atoms with Crippen LogP contribution in [0.1, 0.15) is 13.8 Å². The summed E-state index contributed by atoms with van der Waals surface area (Å²) in [6.07, 6.45) is -31.2. The minimum Gasteiger partial charge on any atom is -0.394 e. The highest BCUT2D eigenvalue weighted by Gasteiger charge is 2.55. The Bertz CT molecular complexity index is 1140. The van der Waals surface area contributed by atoms with Gasteiger partial charge in [-0.25, -0.2) is 0 Å². The molecule has 0 aromatic heterocycles. The van der Waals surface area contributed by atoms with Crippen LogP contribution in [0.2, 0.25) is 0 Å². The molecule has 2 amide bonds. The maximum absolute atomic E-state index is 12.2. The van der Waals surface area contributed by atoms with Gasteiger partial charge in [-0.3, -0.25) is 9.59 Å². The molecule has 4 rings (SSSR count). The lowest BCUT2D eigenvalue weighted by atomic mass is 9.94. The van der Waals surface area contributed by atoms with Gasteiger partial charge < -0.3 is 105 Å². The van der Waals surface area contributed by atoms with E-state index in [2.05, 4.69) is 10.6 Å². The Morgan fingerprint density at radius 1 is 0.471 bits per heavy atom. The van der Waals surface area contributed by atoms with Crippen molar-refractivity contribution in [1.82, 2.24) is 10.6 Å². The summed E-state index contributed by atoms with van der Waals surface area (Å²) in [6, 6.07) is -3.05. The van der Waals surface area contributed by atoms with Crippen molar-refractivity contribution in [2.75, 3.05) is 26.4 Å². The van der Waals surface area contributed by atoms with Gasteiger partial charge in [-0.2, -0.15) is 0 Å². The molecule has 23 nitrogen and oxygen atoms in total. The molecule has 51 heavy (non-hydrogen) atoms. The zero-order chi connectivity index (χ0) is 37.9. The van der Waals surface area contributed by atoms with Crippen LogP contribution in [-0.2, 0) is 42.7 Å². The molecule has 4 fully saturated rings. The maximum Gasteiger partial charge on any atom is 0.217 e. The van der Waals surface area contributed by atoms with Gasteiger partial charge in [0.2, 0.25) is 11.8 Å². The second kappa shape index (κ2) is 18.0. The smallest absolute Gasteiger partial charge is 0.217 e. The van der Waals surface area contributed by atoms with Crippen LogP contribution in [0.4, 0.5) is 0 Å². The van der Waals surface area contributed by atoms with Crippen molar-refractivity contribution in [3.8, 4) is 0 Å². The van der Waals surface area contributed by atoms with Crippen LogP contribution in [0.5, 0.6) is 0 Å². The van der Waals surface area contributed by atoms with Gasteiger partial charge in [-0.1, -0.05) is 0 Å². The Morgan fingerprint density at radius 2 is 0.882 bits per heavy atom. The van der Waals surface area contributed by atoms with Crippen LogP contribution in [0.25, 0.3) is 0 Å². The summed E-state index contributed by atoms with van der Waals surface area (Å²) in [7, 11) is 0. The third kappa shape index (κ3) is 9.11. The summed E-state index contributed by atoms with van der Waals surface area (Å²) in [5, 5.41) is 129. The molecule has 0 radical (unpaired) electrons. The fourth-order valence-electron chi connectivity index (χ4n) is 6.35. The Morgan fingerprint density at radius 3 is 1.41 bits per heavy atom. The Hall–Kier alpha value is -1.82. The van der Waals surface area contributed by atoms with E-state index in [1.54, 1.807) is 0 Å². The molecule has 0 bridgehead atoms. The number of hydrogen-bond acceptors (Lipinski definition) is 21. The average Bonchev–Trinajstić information content (AvgIpc) is 3.09. The average molecular weight is 749 g/mol. The lowest BCUT2D eigenvalue weighted by Crippen LogP contribution is -2.70. The molecule has 14 N–H and O–H groups in total. The van der Waals surface area contributed by atoms with E-state index in [1.807, 2.05) is 0 Å². The van der Waals surface area contributed by atoms with E-state index in [4.69, 9.17) is 33.2 Å². The highest BCUT2D eigenvalue weighted by atomic mass is 16.8. The van der Waals surface area contributed by atoms with Crippen LogP contribution in [-0.4, -0.2) is 222 Å². The number of rotatable bonds is 12. The Labute approximate surface area is 289 Å². The van der Waals surface area contributed by atoms with E-state index in [0.29, 0.717) is 0 Å². The minimum absolute atomic E-state index is 0.678. The van der Waals surface area contributed by atoms with Gasteiger partial charge in [0, 0.05) is 13.8 Å². The van der Waals surface area contributed by atoms with Crippen molar-refractivity contribution in [3.63, 3.8) is 0 Å². The molecule has 0 spiro atoms. The Balaban J connectivity index is 1.53. The molecule has 23 heteroatoms. The first-order valence-corrected chi connectivity index (χ1v) is 16.1. The van der Waals surface area contributed by atoms with E-state index in [9.17, 15) is 70.9 Å². The molecule has 4 aliphatic rings. The van der Waals surface area contributed by atoms with Crippen LogP contribution in [0, 0.1) is 0 Å². The molecule has 4 saturated heterocycles. The quantitative estimate of drug-likeness (QED) is 0.0881. The predicted molar refractivity (Wildman–Crippen MR) is 157 cm³/mol. The van der Waals surface area contributed by atoms with Crippen LogP contribution in [0.15, 0.2) is 0 Å². The number of aliphatic hydroxyl groups is 12. The summed E-state index contributed by atoms with van der Waals surface area (Å²) in [5.41, 5.74) is 0. The number of amides is 2. The van der Waals surface area contributed by atoms with Gasteiger partial charge in [0.15, 0.2) is 25.2 Å². The SMILES string of the molecule is CC(=O)N[C@@H]1[C@@H](OC2O[C@H](CO)[C@H](OC3O[C@H](CO)[C@@H](OC4O[C@H](CO)[C@@H](O)[C@H](O)[C@H]4O)[C@H](O)[C@H]3NC(C)=O)[C@H](O)[C@H]2O)[C@@H](O)[C@@H](CO)O[C@@H]1O. The number of carbonyl (C=O) groups excluding carboxylic acids is 2. The molecule has 4 heterocycles. The fourth-order valence-corrected chi connectivity index (χ4v) is 6.35. The van der Waals surface area contributed by atoms with Gasteiger partial charge in [-0.05, 0) is 0 Å². The number of ether oxygens (including phenoxy) is 7. The molecular formula is C28H48N2O21. The number of hydrogen-bond donors (Lipinski definition) is 14. The summed E-state index contributed by atoms with van der Waals surface area (Å²) in [4.78, 5) is 24.0. The van der Waals surface area contributed by atoms with Gasteiger partial charge in [0.25, 0.3) is 0 Å². The van der Waals surface area contributed by atoms with E-state index in [1.165, 1.54) is 0 Å². The summed E-state index contributed by atoms with van der Waals surface area (Å²) in [6.45, 7) is -1.25. The summed E-state index contributed by atoms with van der Waals surface area (Å²) in [5.74, 6) is -1.42. The van der Waals surface area contributed by atoms with Crippen LogP contribution >= 0.6 is 0 Å². The van der Waals surface area contributed by atoms with Crippen LogP contribution < -0.4 is 10.6 Å². The topological polar surface area (TPSA) is 366 Å². The van der Waals surface area contributed by atoms with Crippen LogP contribution in [0.3, 0.4) is 0 Å². The van der Waals surface area contributed by atoms with Crippen molar-refractivity contribution in [2.45, 2.75) is 137 Å². The Kier molecular flexibility index (Phi) is 14.8. The van der Waals surface area contributed by atoms with Crippen molar-refractivity contribution in [2.24, 2.45) is 0 Å². The lowest BCUT2D eigenvalue weighted by molar-refractivity contribution is -0.375. The summed E-state index contributed by atoms with van der Waals surface area (Å²) < 4.78 is 39.0. The number of carbonyl (C=O) groups is 2. The van der Waals surface area contributed by atoms with Crippen molar-refractivity contribution in [3.05, 3.63) is 0 Å². The number of aliphatic hydroxyl groups excluding tert-OH is 12. The van der Waals surface area contributed by atoms with Gasteiger partial charge >= 0.3 is 0 Å². The first-order valence-electron chi connectivity index (χ1n) is 16.1. The first-order chi connectivity index (χ1) is 24.1. The standard InChI is InChI=1S/C28H48N2O21/c1-7(35)29-13-17(39)22(50-27-20(42)18(40)15(37)9(3-31)46-27)11(5-33)47-26(13)49-23-12(6-34)48-28(21(43)19(23)41)51-24-14(30-8(2)36)25(44)45-10(4-32)16(24)38/h9-28,31-34,37-44H,3-6H2,1-2H3,(H,29,35)(H,30,36)/t9-,10-,11-,12-,13-,14-,15-,16+,17-,18+,19-,20-,21-,22-,23+,24-,25+,26?,27?,28?/m1/s1. The third-order valence-corrected chi connectivity index (χ3v) is 9.01. The second-order valence-corrected chi connectivity index (χ2v) is 12.6. The molecule has 3 unspecified atom stereocenters. The highest BCUT2D eigenvalue weighted by molar-refractivity contribution is 5.73. The zero-order valence-corrected chi connectivity index (χ0v) is 27.4. The molecule has 0 aliphatic carbocycles. The molecule has 4 aliphatic heterocycles. The van der Waals surface area contributed by atoms with E-state index < -0.39 is 161 Å². The van der Waals surface area contributed by atoms with E-state index >= 15 is 0 Å². The predicted octanol–water partition coefficient (Wildman–Crippen LogP) is -9.46. The van der Waals surface area contributed by atoms with Gasteiger partial charge in [-0.15, -0.1) is 0 Å². The molecule has 0 aromatic rings. The fraction of sp³-hybridized carbons (Fsp3) is 0.929. The van der Waals surface area contributed by atoms with Gasteiger partial charge in [0.05, 0.1) is 26.4 Å². The normalized spacial score (nSPS) is 47.8. The summed E-state index contributed by atoms with van der Waals surface area (Å²) >= 11 is 0. The number of nitrogens with one attached hydrogen (secondary N) is 2. The maximum atomic E-state index is 12.2. The molecular weight excluding hydrogens is 700 g/mol. The molecule has 0 saturated carbocycles. The molecule has 296 valence electrons.